The predicted molar refractivity (Wildman–Crippen MR) is 84.5 cm³/mol. The van der Waals surface area contributed by atoms with Gasteiger partial charge in [0.2, 0.25) is 0 Å². The van der Waals surface area contributed by atoms with E-state index in [9.17, 15) is 9.90 Å². The van der Waals surface area contributed by atoms with Gasteiger partial charge in [0.15, 0.2) is 0 Å². The molecule has 0 unspecified atom stereocenters. The predicted octanol–water partition coefficient (Wildman–Crippen LogP) is 1.46. The maximum Gasteiger partial charge on any atom is 0.269 e. The summed E-state index contributed by atoms with van der Waals surface area (Å²) in [7, 11) is 3.46. The summed E-state index contributed by atoms with van der Waals surface area (Å²) < 4.78 is 0. The van der Waals surface area contributed by atoms with E-state index in [1.807, 2.05) is 18.2 Å². The van der Waals surface area contributed by atoms with Crippen LogP contribution in [0, 0.1) is 0 Å². The SMILES string of the molecule is CN(C)C(=O)c1ccc(CN[C@H]2c3ccccc3C[C@H]2O)[nH]1. The van der Waals surface area contributed by atoms with Crippen molar-refractivity contribution in [3.8, 4) is 0 Å². The molecule has 0 saturated carbocycles. The van der Waals surface area contributed by atoms with Crippen molar-refractivity contribution in [1.82, 2.24) is 15.2 Å². The Hall–Kier alpha value is -2.11. The van der Waals surface area contributed by atoms with Gasteiger partial charge in [-0.2, -0.15) is 0 Å². The zero-order chi connectivity index (χ0) is 15.7. The molecular weight excluding hydrogens is 278 g/mol. The molecular formula is C17H21N3O2. The van der Waals surface area contributed by atoms with Crippen LogP contribution in [-0.4, -0.2) is 41.1 Å². The van der Waals surface area contributed by atoms with Gasteiger partial charge in [0.25, 0.3) is 5.91 Å². The molecule has 1 aliphatic rings. The van der Waals surface area contributed by atoms with E-state index in [2.05, 4.69) is 22.4 Å². The minimum Gasteiger partial charge on any atom is -0.391 e. The monoisotopic (exact) mass is 299 g/mol. The van der Waals surface area contributed by atoms with Crippen molar-refractivity contribution in [2.75, 3.05) is 14.1 Å². The Morgan fingerprint density at radius 2 is 2.09 bits per heavy atom. The maximum absolute atomic E-state index is 11.9. The molecule has 0 bridgehead atoms. The fourth-order valence-corrected chi connectivity index (χ4v) is 2.95. The Balaban J connectivity index is 1.67. The highest BCUT2D eigenvalue weighted by Crippen LogP contribution is 2.31. The van der Waals surface area contributed by atoms with Crippen molar-refractivity contribution in [2.45, 2.75) is 25.1 Å². The Bertz CT molecular complexity index is 678. The average molecular weight is 299 g/mol. The molecule has 1 aliphatic carbocycles. The summed E-state index contributed by atoms with van der Waals surface area (Å²) in [4.78, 5) is 16.5. The van der Waals surface area contributed by atoms with Gasteiger partial charge in [-0.1, -0.05) is 24.3 Å². The minimum atomic E-state index is -0.407. The Labute approximate surface area is 130 Å². The van der Waals surface area contributed by atoms with Crippen LogP contribution >= 0.6 is 0 Å². The first-order valence-electron chi connectivity index (χ1n) is 7.45. The number of aliphatic hydroxyl groups is 1. The molecule has 0 fully saturated rings. The number of aromatic nitrogens is 1. The summed E-state index contributed by atoms with van der Waals surface area (Å²) in [5.74, 6) is -0.0440. The number of nitrogens with one attached hydrogen (secondary N) is 2. The Kier molecular flexibility index (Phi) is 4.00. The van der Waals surface area contributed by atoms with Gasteiger partial charge in [0, 0.05) is 32.8 Å². The van der Waals surface area contributed by atoms with E-state index >= 15 is 0 Å². The number of aromatic amines is 1. The van der Waals surface area contributed by atoms with Gasteiger partial charge in [-0.3, -0.25) is 4.79 Å². The molecule has 5 nitrogen and oxygen atoms in total. The third kappa shape index (κ3) is 2.77. The highest BCUT2D eigenvalue weighted by molar-refractivity contribution is 5.92. The van der Waals surface area contributed by atoms with Gasteiger partial charge in [0.1, 0.15) is 5.69 Å². The summed E-state index contributed by atoms with van der Waals surface area (Å²) in [5, 5.41) is 13.6. The van der Waals surface area contributed by atoms with Gasteiger partial charge >= 0.3 is 0 Å². The summed E-state index contributed by atoms with van der Waals surface area (Å²) in [6, 6.07) is 11.7. The molecule has 0 radical (unpaired) electrons. The van der Waals surface area contributed by atoms with Gasteiger partial charge in [-0.25, -0.2) is 0 Å². The summed E-state index contributed by atoms with van der Waals surface area (Å²) in [6.45, 7) is 0.580. The lowest BCUT2D eigenvalue weighted by atomic mass is 10.1. The number of hydrogen-bond acceptors (Lipinski definition) is 3. The molecule has 1 amide bonds. The maximum atomic E-state index is 11.9. The highest BCUT2D eigenvalue weighted by Gasteiger charge is 2.30. The molecule has 3 N–H and O–H groups in total. The second kappa shape index (κ2) is 5.94. The fourth-order valence-electron chi connectivity index (χ4n) is 2.95. The number of rotatable bonds is 4. The molecule has 116 valence electrons. The molecule has 1 aromatic carbocycles. The smallest absolute Gasteiger partial charge is 0.269 e. The van der Waals surface area contributed by atoms with Crippen LogP contribution in [0.5, 0.6) is 0 Å². The topological polar surface area (TPSA) is 68.4 Å². The molecule has 0 spiro atoms. The molecule has 0 saturated heterocycles. The molecule has 0 aliphatic heterocycles. The second-order valence-corrected chi connectivity index (χ2v) is 5.93. The third-order valence-electron chi connectivity index (χ3n) is 4.10. The van der Waals surface area contributed by atoms with Crippen molar-refractivity contribution in [2.24, 2.45) is 0 Å². The van der Waals surface area contributed by atoms with Crippen molar-refractivity contribution >= 4 is 5.91 Å². The zero-order valence-corrected chi connectivity index (χ0v) is 12.8. The number of amides is 1. The van der Waals surface area contributed by atoms with Crippen molar-refractivity contribution in [1.29, 1.82) is 0 Å². The second-order valence-electron chi connectivity index (χ2n) is 5.93. The first-order valence-corrected chi connectivity index (χ1v) is 7.45. The van der Waals surface area contributed by atoms with Crippen LogP contribution < -0.4 is 5.32 Å². The van der Waals surface area contributed by atoms with Gasteiger partial charge in [-0.15, -0.1) is 0 Å². The van der Waals surface area contributed by atoms with Crippen molar-refractivity contribution in [3.63, 3.8) is 0 Å². The van der Waals surface area contributed by atoms with Gasteiger partial charge < -0.3 is 20.3 Å². The number of hydrogen-bond donors (Lipinski definition) is 3. The number of carbonyl (C=O) groups excluding carboxylic acids is 1. The quantitative estimate of drug-likeness (QED) is 0.801. The van der Waals surface area contributed by atoms with E-state index in [0.29, 0.717) is 18.7 Å². The number of H-pyrrole nitrogens is 1. The first-order chi connectivity index (χ1) is 10.6. The average Bonchev–Trinajstić information content (AvgIpc) is 3.08. The molecule has 5 heteroatoms. The largest absolute Gasteiger partial charge is 0.391 e. The normalized spacial score (nSPS) is 20.0. The molecule has 1 aromatic heterocycles. The van der Waals surface area contributed by atoms with E-state index in [1.165, 1.54) is 5.56 Å². The van der Waals surface area contributed by atoms with E-state index < -0.39 is 6.10 Å². The zero-order valence-electron chi connectivity index (χ0n) is 12.8. The third-order valence-corrected chi connectivity index (χ3v) is 4.10. The number of benzene rings is 1. The lowest BCUT2D eigenvalue weighted by Gasteiger charge is -2.17. The van der Waals surface area contributed by atoms with E-state index in [1.54, 1.807) is 25.1 Å². The van der Waals surface area contributed by atoms with Crippen LogP contribution in [0.15, 0.2) is 36.4 Å². The van der Waals surface area contributed by atoms with Crippen LogP contribution in [0.2, 0.25) is 0 Å². The lowest BCUT2D eigenvalue weighted by Crippen LogP contribution is -2.28. The minimum absolute atomic E-state index is 0.0440. The van der Waals surface area contributed by atoms with E-state index in [4.69, 9.17) is 0 Å². The van der Waals surface area contributed by atoms with Crippen LogP contribution in [0.4, 0.5) is 0 Å². The van der Waals surface area contributed by atoms with E-state index in [-0.39, 0.29) is 11.9 Å². The molecule has 3 rings (SSSR count). The van der Waals surface area contributed by atoms with Crippen molar-refractivity contribution in [3.05, 3.63) is 58.9 Å². The summed E-state index contributed by atoms with van der Waals surface area (Å²) >= 11 is 0. The number of carbonyl (C=O) groups is 1. The summed E-state index contributed by atoms with van der Waals surface area (Å²) in [5.41, 5.74) is 3.87. The Morgan fingerprint density at radius 3 is 2.86 bits per heavy atom. The number of aliphatic hydroxyl groups excluding tert-OH is 1. The van der Waals surface area contributed by atoms with E-state index in [0.717, 1.165) is 11.3 Å². The molecule has 1 heterocycles. The van der Waals surface area contributed by atoms with Crippen LogP contribution in [0.1, 0.15) is 33.4 Å². The number of nitrogens with zero attached hydrogens (tertiary/aromatic N) is 1. The van der Waals surface area contributed by atoms with Crippen LogP contribution in [-0.2, 0) is 13.0 Å². The molecule has 22 heavy (non-hydrogen) atoms. The summed E-state index contributed by atoms with van der Waals surface area (Å²) in [6.07, 6.45) is 0.276. The highest BCUT2D eigenvalue weighted by atomic mass is 16.3. The van der Waals surface area contributed by atoms with Crippen LogP contribution in [0.25, 0.3) is 0 Å². The molecule has 2 aromatic rings. The Morgan fingerprint density at radius 1 is 1.32 bits per heavy atom. The van der Waals surface area contributed by atoms with Crippen molar-refractivity contribution < 1.29 is 9.90 Å². The lowest BCUT2D eigenvalue weighted by molar-refractivity contribution is 0.0822. The first kappa shape index (κ1) is 14.8. The number of fused-ring (bicyclic) bond motifs is 1. The fraction of sp³-hybridized carbons (Fsp3) is 0.353. The standard InChI is InChI=1S/C17H21N3O2/c1-20(2)17(22)14-8-7-12(19-14)10-18-16-13-6-4-3-5-11(13)9-15(16)21/h3-8,15-16,18-19,21H,9-10H2,1-2H3/t15-,16+/m1/s1. The van der Waals surface area contributed by atoms with Gasteiger partial charge in [0.05, 0.1) is 12.1 Å². The van der Waals surface area contributed by atoms with Crippen LogP contribution in [0.3, 0.4) is 0 Å². The molecule has 2 atom stereocenters. The van der Waals surface area contributed by atoms with Gasteiger partial charge in [-0.05, 0) is 23.3 Å².